The summed E-state index contributed by atoms with van der Waals surface area (Å²) in [7, 11) is 6.45. The molecule has 2 atom stereocenters. The molecule has 1 aliphatic heterocycles. The molecule has 0 bridgehead atoms. The third-order valence-corrected chi connectivity index (χ3v) is 4.32. The van der Waals surface area contributed by atoms with Gasteiger partial charge in [-0.1, -0.05) is 12.1 Å². The van der Waals surface area contributed by atoms with Crippen LogP contribution in [0, 0.1) is 0 Å². The number of aromatic hydroxyl groups is 1. The van der Waals surface area contributed by atoms with E-state index in [2.05, 4.69) is 35.3 Å². The van der Waals surface area contributed by atoms with Crippen molar-refractivity contribution in [3.63, 3.8) is 0 Å². The number of rotatable bonds is 4. The van der Waals surface area contributed by atoms with Gasteiger partial charge in [-0.3, -0.25) is 0 Å². The molecule has 0 aromatic heterocycles. The zero-order chi connectivity index (χ0) is 14.5. The van der Waals surface area contributed by atoms with Crippen LogP contribution in [0.5, 0.6) is 5.75 Å². The van der Waals surface area contributed by atoms with E-state index in [-0.39, 0.29) is 0 Å². The van der Waals surface area contributed by atoms with E-state index in [0.717, 1.165) is 19.5 Å². The molecule has 20 heavy (non-hydrogen) atoms. The van der Waals surface area contributed by atoms with Crippen molar-refractivity contribution in [1.82, 2.24) is 15.1 Å². The second-order valence-corrected chi connectivity index (χ2v) is 5.93. The molecule has 0 radical (unpaired) electrons. The Hall–Kier alpha value is -1.10. The van der Waals surface area contributed by atoms with E-state index in [1.165, 1.54) is 18.5 Å². The number of phenols is 1. The molecule has 1 heterocycles. The third kappa shape index (κ3) is 3.95. The van der Waals surface area contributed by atoms with Gasteiger partial charge in [0.1, 0.15) is 5.75 Å². The van der Waals surface area contributed by atoms with Crippen molar-refractivity contribution in [3.05, 3.63) is 29.8 Å². The Labute approximate surface area is 122 Å². The molecule has 4 nitrogen and oxygen atoms in total. The third-order valence-electron chi connectivity index (χ3n) is 4.32. The molecule has 0 aliphatic carbocycles. The van der Waals surface area contributed by atoms with Gasteiger partial charge >= 0.3 is 0 Å². The molecule has 2 unspecified atom stereocenters. The Balaban J connectivity index is 2.09. The average molecular weight is 277 g/mol. The lowest BCUT2D eigenvalue weighted by Gasteiger charge is -2.34. The lowest BCUT2D eigenvalue weighted by Crippen LogP contribution is -2.52. The smallest absolute Gasteiger partial charge is 0.115 e. The Kier molecular flexibility index (Phi) is 5.40. The molecule has 2 rings (SSSR count). The second kappa shape index (κ2) is 7.07. The highest BCUT2D eigenvalue weighted by Gasteiger charge is 2.27. The monoisotopic (exact) mass is 277 g/mol. The normalized spacial score (nSPS) is 23.4. The number of nitrogens with one attached hydrogen (secondary N) is 1. The first-order valence-electron chi connectivity index (χ1n) is 7.44. The second-order valence-electron chi connectivity index (χ2n) is 5.93. The highest BCUT2D eigenvalue weighted by atomic mass is 16.3. The number of hydrogen-bond acceptors (Lipinski definition) is 4. The molecule has 2 N–H and O–H groups in total. The number of hydrogen-bond donors (Lipinski definition) is 2. The van der Waals surface area contributed by atoms with Gasteiger partial charge in [-0.25, -0.2) is 0 Å². The average Bonchev–Trinajstić information content (AvgIpc) is 2.58. The van der Waals surface area contributed by atoms with E-state index < -0.39 is 0 Å². The largest absolute Gasteiger partial charge is 0.508 e. The van der Waals surface area contributed by atoms with Crippen LogP contribution in [0.1, 0.15) is 12.0 Å². The molecule has 0 spiro atoms. The Bertz CT molecular complexity index is 424. The molecule has 0 amide bonds. The Morgan fingerprint density at radius 2 is 2.15 bits per heavy atom. The Morgan fingerprint density at radius 1 is 1.35 bits per heavy atom. The minimum Gasteiger partial charge on any atom is -0.508 e. The van der Waals surface area contributed by atoms with Crippen molar-refractivity contribution >= 4 is 0 Å². The van der Waals surface area contributed by atoms with E-state index >= 15 is 0 Å². The van der Waals surface area contributed by atoms with Crippen LogP contribution in [0.25, 0.3) is 0 Å². The maximum Gasteiger partial charge on any atom is 0.115 e. The first-order valence-corrected chi connectivity index (χ1v) is 7.44. The maximum absolute atomic E-state index is 9.61. The molecule has 1 aromatic carbocycles. The summed E-state index contributed by atoms with van der Waals surface area (Å²) in [4.78, 5) is 4.88. The fourth-order valence-electron chi connectivity index (χ4n) is 3.11. The predicted molar refractivity (Wildman–Crippen MR) is 83.2 cm³/mol. The standard InChI is InChI=1S/C16H27N3O/c1-17-15(11-13-6-4-7-14(20)10-13)16-12-18(2)8-5-9-19(16)3/h4,6-7,10,15-17,20H,5,8-9,11-12H2,1-3H3. The number of likely N-dealkylation sites (N-methyl/N-ethyl adjacent to an activating group) is 3. The van der Waals surface area contributed by atoms with Crippen LogP contribution >= 0.6 is 0 Å². The quantitative estimate of drug-likeness (QED) is 0.866. The van der Waals surface area contributed by atoms with Gasteiger partial charge in [-0.2, -0.15) is 0 Å². The van der Waals surface area contributed by atoms with Crippen LogP contribution in [0.4, 0.5) is 0 Å². The fourth-order valence-corrected chi connectivity index (χ4v) is 3.11. The van der Waals surface area contributed by atoms with Gasteiger partial charge in [0, 0.05) is 18.6 Å². The Morgan fingerprint density at radius 3 is 2.85 bits per heavy atom. The van der Waals surface area contributed by atoms with Gasteiger partial charge in [0.2, 0.25) is 0 Å². The van der Waals surface area contributed by atoms with Crippen molar-refractivity contribution in [2.24, 2.45) is 0 Å². The van der Waals surface area contributed by atoms with Crippen molar-refractivity contribution in [1.29, 1.82) is 0 Å². The van der Waals surface area contributed by atoms with Gasteiger partial charge in [0.05, 0.1) is 0 Å². The first kappa shape index (κ1) is 15.3. The van der Waals surface area contributed by atoms with Gasteiger partial charge in [0.25, 0.3) is 0 Å². The van der Waals surface area contributed by atoms with E-state index in [1.807, 2.05) is 19.2 Å². The highest BCUT2D eigenvalue weighted by Crippen LogP contribution is 2.17. The molecular formula is C16H27N3O. The summed E-state index contributed by atoms with van der Waals surface area (Å²) in [5.74, 6) is 0.351. The first-order chi connectivity index (χ1) is 9.60. The zero-order valence-electron chi connectivity index (χ0n) is 12.8. The summed E-state index contributed by atoms with van der Waals surface area (Å²) in [6.07, 6.45) is 2.17. The van der Waals surface area contributed by atoms with Crippen LogP contribution in [0.3, 0.4) is 0 Å². The van der Waals surface area contributed by atoms with Crippen LogP contribution in [0.15, 0.2) is 24.3 Å². The number of phenolic OH excluding ortho intramolecular Hbond substituents is 1. The van der Waals surface area contributed by atoms with Crippen molar-refractivity contribution in [2.75, 3.05) is 40.8 Å². The lowest BCUT2D eigenvalue weighted by atomic mass is 9.98. The van der Waals surface area contributed by atoms with Crippen LogP contribution < -0.4 is 5.32 Å². The van der Waals surface area contributed by atoms with Gasteiger partial charge < -0.3 is 20.2 Å². The molecule has 1 aromatic rings. The van der Waals surface area contributed by atoms with E-state index in [9.17, 15) is 5.11 Å². The van der Waals surface area contributed by atoms with Crippen molar-refractivity contribution in [3.8, 4) is 5.75 Å². The van der Waals surface area contributed by atoms with Gasteiger partial charge in [-0.15, -0.1) is 0 Å². The van der Waals surface area contributed by atoms with Crippen molar-refractivity contribution in [2.45, 2.75) is 24.9 Å². The molecule has 1 fully saturated rings. The van der Waals surface area contributed by atoms with Gasteiger partial charge in [-0.05, 0) is 64.8 Å². The van der Waals surface area contributed by atoms with E-state index in [0.29, 0.717) is 17.8 Å². The fraction of sp³-hybridized carbons (Fsp3) is 0.625. The summed E-state index contributed by atoms with van der Waals surface area (Å²) in [6, 6.07) is 8.48. The summed E-state index contributed by atoms with van der Waals surface area (Å²) in [5.41, 5.74) is 1.18. The molecule has 112 valence electrons. The molecular weight excluding hydrogens is 250 g/mol. The van der Waals surface area contributed by atoms with Crippen molar-refractivity contribution < 1.29 is 5.11 Å². The highest BCUT2D eigenvalue weighted by molar-refractivity contribution is 5.28. The molecule has 4 heteroatoms. The van der Waals surface area contributed by atoms with E-state index in [4.69, 9.17) is 0 Å². The van der Waals surface area contributed by atoms with Gasteiger partial charge in [0.15, 0.2) is 0 Å². The summed E-state index contributed by atoms with van der Waals surface area (Å²) < 4.78 is 0. The van der Waals surface area contributed by atoms with Crippen LogP contribution in [0.2, 0.25) is 0 Å². The molecule has 0 saturated carbocycles. The lowest BCUT2D eigenvalue weighted by molar-refractivity contribution is 0.181. The minimum absolute atomic E-state index is 0.351. The predicted octanol–water partition coefficient (Wildman–Crippen LogP) is 1.16. The molecule has 1 aliphatic rings. The number of nitrogens with zero attached hydrogens (tertiary/aromatic N) is 2. The van der Waals surface area contributed by atoms with Crippen LogP contribution in [-0.2, 0) is 6.42 Å². The molecule has 1 saturated heterocycles. The minimum atomic E-state index is 0.351. The summed E-state index contributed by atoms with van der Waals surface area (Å²) >= 11 is 0. The number of benzene rings is 1. The van der Waals surface area contributed by atoms with Crippen LogP contribution in [-0.4, -0.2) is 67.8 Å². The maximum atomic E-state index is 9.61. The zero-order valence-corrected chi connectivity index (χ0v) is 12.8. The van der Waals surface area contributed by atoms with E-state index in [1.54, 1.807) is 6.07 Å². The summed E-state index contributed by atoms with van der Waals surface area (Å²) in [6.45, 7) is 3.40. The topological polar surface area (TPSA) is 38.7 Å². The SMILES string of the molecule is CNC(Cc1cccc(O)c1)C1CN(C)CCCN1C. The summed E-state index contributed by atoms with van der Waals surface area (Å²) in [5, 5.41) is 13.1.